The minimum atomic E-state index is -4.96. The molecule has 0 amide bonds. The highest BCUT2D eigenvalue weighted by Gasteiger charge is 2.30. The number of rotatable bonds is 80. The van der Waals surface area contributed by atoms with Crippen LogP contribution in [0, 0.1) is 11.8 Å². The van der Waals surface area contributed by atoms with E-state index in [1.54, 1.807) is 0 Å². The van der Waals surface area contributed by atoms with Crippen LogP contribution in [0.15, 0.2) is 0 Å². The lowest BCUT2D eigenvalue weighted by Gasteiger charge is -2.21. The number of aliphatic hydroxyl groups is 1. The predicted molar refractivity (Wildman–Crippen MR) is 409 cm³/mol. The Morgan fingerprint density at radius 2 is 0.510 bits per heavy atom. The van der Waals surface area contributed by atoms with Crippen LogP contribution in [0.1, 0.15) is 427 Å². The minimum Gasteiger partial charge on any atom is -0.462 e. The van der Waals surface area contributed by atoms with Crippen molar-refractivity contribution in [2.75, 3.05) is 39.6 Å². The number of esters is 4. The summed E-state index contributed by atoms with van der Waals surface area (Å²) in [4.78, 5) is 73.1. The van der Waals surface area contributed by atoms with Crippen LogP contribution in [-0.4, -0.2) is 96.7 Å². The number of phosphoric acid groups is 2. The summed E-state index contributed by atoms with van der Waals surface area (Å²) >= 11 is 0. The summed E-state index contributed by atoms with van der Waals surface area (Å²) in [6, 6.07) is 0. The molecular formula is C81H158O17P2. The van der Waals surface area contributed by atoms with E-state index in [0.717, 1.165) is 102 Å². The first-order chi connectivity index (χ1) is 48.4. The molecule has 0 rings (SSSR count). The lowest BCUT2D eigenvalue weighted by atomic mass is 9.99. The molecule has 0 aromatic carbocycles. The average Bonchev–Trinajstić information content (AvgIpc) is 0.917. The number of carbonyl (C=O) groups is 4. The SMILES string of the molecule is CCCCCCCCCCCCCCCCCCCCCC(=O)O[C@H](COC(=O)CCCCCCCCCCCCC(C)CC)COP(=O)(O)OC[C@@H](O)COP(=O)(O)OC[C@@H](COC(=O)CCCCCCCCCCCCC(C)C)OC(=O)CCCCCCCCCCCCCCCC. The van der Waals surface area contributed by atoms with E-state index < -0.39 is 97.5 Å². The van der Waals surface area contributed by atoms with E-state index in [0.29, 0.717) is 25.7 Å². The van der Waals surface area contributed by atoms with Gasteiger partial charge in [-0.3, -0.25) is 37.3 Å². The second-order valence-electron chi connectivity index (χ2n) is 29.9. The van der Waals surface area contributed by atoms with Crippen molar-refractivity contribution in [3.8, 4) is 0 Å². The number of phosphoric ester groups is 2. The van der Waals surface area contributed by atoms with Crippen LogP contribution in [0.25, 0.3) is 0 Å². The second kappa shape index (κ2) is 72.6. The Bertz CT molecular complexity index is 1930. The van der Waals surface area contributed by atoms with Crippen LogP contribution < -0.4 is 0 Å². The molecule has 0 aromatic rings. The highest BCUT2D eigenvalue weighted by atomic mass is 31.2. The summed E-state index contributed by atoms with van der Waals surface area (Å²) < 4.78 is 68.8. The van der Waals surface area contributed by atoms with Crippen molar-refractivity contribution in [1.82, 2.24) is 0 Å². The summed E-state index contributed by atoms with van der Waals surface area (Å²) in [6.45, 7) is 9.66. The van der Waals surface area contributed by atoms with Crippen molar-refractivity contribution in [1.29, 1.82) is 0 Å². The highest BCUT2D eigenvalue weighted by Crippen LogP contribution is 2.45. The van der Waals surface area contributed by atoms with E-state index in [1.807, 2.05) is 0 Å². The fourth-order valence-corrected chi connectivity index (χ4v) is 14.1. The van der Waals surface area contributed by atoms with Crippen LogP contribution >= 0.6 is 15.6 Å². The monoisotopic (exact) mass is 1470 g/mol. The van der Waals surface area contributed by atoms with Gasteiger partial charge in [-0.1, -0.05) is 375 Å². The molecule has 0 bridgehead atoms. The van der Waals surface area contributed by atoms with E-state index >= 15 is 0 Å². The maximum absolute atomic E-state index is 13.1. The molecule has 3 N–H and O–H groups in total. The van der Waals surface area contributed by atoms with Crippen molar-refractivity contribution in [2.24, 2.45) is 11.8 Å². The first-order valence-corrected chi connectivity index (χ1v) is 45.0. The summed E-state index contributed by atoms with van der Waals surface area (Å²) in [6.07, 6.45) is 62.3. The summed E-state index contributed by atoms with van der Waals surface area (Å²) in [5.41, 5.74) is 0. The lowest BCUT2D eigenvalue weighted by Crippen LogP contribution is -2.30. The van der Waals surface area contributed by atoms with Crippen LogP contribution in [0.3, 0.4) is 0 Å². The Morgan fingerprint density at radius 1 is 0.290 bits per heavy atom. The minimum absolute atomic E-state index is 0.108. The highest BCUT2D eigenvalue weighted by molar-refractivity contribution is 7.47. The second-order valence-corrected chi connectivity index (χ2v) is 32.8. The largest absolute Gasteiger partial charge is 0.472 e. The van der Waals surface area contributed by atoms with Gasteiger partial charge in [0.25, 0.3) is 0 Å². The molecule has 0 heterocycles. The molecular weight excluding hydrogens is 1310 g/mol. The van der Waals surface area contributed by atoms with Gasteiger partial charge >= 0.3 is 39.5 Å². The zero-order valence-corrected chi connectivity index (χ0v) is 67.3. The van der Waals surface area contributed by atoms with Crippen molar-refractivity contribution in [3.05, 3.63) is 0 Å². The molecule has 594 valence electrons. The lowest BCUT2D eigenvalue weighted by molar-refractivity contribution is -0.161. The van der Waals surface area contributed by atoms with E-state index in [4.69, 9.17) is 37.0 Å². The Balaban J connectivity index is 5.26. The van der Waals surface area contributed by atoms with Crippen molar-refractivity contribution >= 4 is 39.5 Å². The molecule has 0 fully saturated rings. The Kier molecular flexibility index (Phi) is 71.2. The first-order valence-electron chi connectivity index (χ1n) is 42.0. The summed E-state index contributed by atoms with van der Waals surface area (Å²) in [5, 5.41) is 10.6. The van der Waals surface area contributed by atoms with Crippen molar-refractivity contribution in [2.45, 2.75) is 445 Å². The molecule has 0 saturated carbocycles. The predicted octanol–water partition coefficient (Wildman–Crippen LogP) is 24.3. The molecule has 6 atom stereocenters. The van der Waals surface area contributed by atoms with Crippen molar-refractivity contribution in [3.63, 3.8) is 0 Å². The van der Waals surface area contributed by atoms with Gasteiger partial charge in [0.1, 0.15) is 19.3 Å². The van der Waals surface area contributed by atoms with Gasteiger partial charge in [0.05, 0.1) is 26.4 Å². The molecule has 0 radical (unpaired) electrons. The number of ether oxygens (including phenoxy) is 4. The van der Waals surface area contributed by atoms with Crippen LogP contribution in [0.5, 0.6) is 0 Å². The molecule has 0 aromatic heterocycles. The zero-order chi connectivity index (χ0) is 73.5. The van der Waals surface area contributed by atoms with E-state index in [1.165, 1.54) is 244 Å². The normalized spacial score (nSPS) is 14.2. The fourth-order valence-electron chi connectivity index (χ4n) is 12.5. The van der Waals surface area contributed by atoms with E-state index in [-0.39, 0.29) is 25.7 Å². The third-order valence-electron chi connectivity index (χ3n) is 19.3. The third-order valence-corrected chi connectivity index (χ3v) is 21.2. The number of hydrogen-bond acceptors (Lipinski definition) is 15. The van der Waals surface area contributed by atoms with Gasteiger partial charge in [0.2, 0.25) is 0 Å². The summed E-state index contributed by atoms with van der Waals surface area (Å²) in [7, 11) is -9.92. The topological polar surface area (TPSA) is 237 Å². The zero-order valence-electron chi connectivity index (χ0n) is 65.5. The maximum Gasteiger partial charge on any atom is 0.472 e. The van der Waals surface area contributed by atoms with Gasteiger partial charge < -0.3 is 33.8 Å². The van der Waals surface area contributed by atoms with Gasteiger partial charge in [-0.05, 0) is 37.5 Å². The fraction of sp³-hybridized carbons (Fsp3) is 0.951. The Hall–Kier alpha value is -1.94. The standard InChI is InChI=1S/C81H158O17P2/c1-7-10-12-14-16-18-20-22-24-25-26-27-28-30-32-42-48-54-60-66-81(86)98-77(70-92-79(84)64-58-52-46-40-36-34-38-44-50-56-62-74(6)9-3)72-96-100(89,90)94-68-75(82)67-93-99(87,88)95-71-76(69-91-78(83)63-57-51-45-39-35-33-37-43-49-55-61-73(4)5)97-80(85)65-59-53-47-41-31-29-23-21-19-17-15-13-11-8-2/h73-77,82H,7-72H2,1-6H3,(H,87,88)(H,89,90)/t74?,75-,76+,77+/m0/s1. The molecule has 0 spiro atoms. The number of carbonyl (C=O) groups excluding carboxylic acids is 4. The summed E-state index contributed by atoms with van der Waals surface area (Å²) in [5.74, 6) is -0.539. The smallest absolute Gasteiger partial charge is 0.462 e. The molecule has 0 aliphatic heterocycles. The molecule has 0 aliphatic rings. The van der Waals surface area contributed by atoms with Crippen LogP contribution in [0.4, 0.5) is 0 Å². The average molecular weight is 1470 g/mol. The van der Waals surface area contributed by atoms with Crippen LogP contribution in [-0.2, 0) is 65.4 Å². The van der Waals surface area contributed by atoms with Gasteiger partial charge in [-0.25, -0.2) is 9.13 Å². The van der Waals surface area contributed by atoms with Gasteiger partial charge in [-0.2, -0.15) is 0 Å². The third kappa shape index (κ3) is 73.0. The van der Waals surface area contributed by atoms with Gasteiger partial charge in [0.15, 0.2) is 12.2 Å². The number of unbranched alkanes of at least 4 members (excludes halogenated alkanes) is 49. The molecule has 100 heavy (non-hydrogen) atoms. The first kappa shape index (κ1) is 98.1. The molecule has 19 heteroatoms. The Morgan fingerprint density at radius 3 is 0.760 bits per heavy atom. The van der Waals surface area contributed by atoms with Crippen LogP contribution in [0.2, 0.25) is 0 Å². The number of aliphatic hydroxyl groups excluding tert-OH is 1. The molecule has 17 nitrogen and oxygen atoms in total. The van der Waals surface area contributed by atoms with Gasteiger partial charge in [-0.15, -0.1) is 0 Å². The maximum atomic E-state index is 13.1. The van der Waals surface area contributed by atoms with E-state index in [2.05, 4.69) is 41.5 Å². The number of hydrogen-bond donors (Lipinski definition) is 3. The Labute approximate surface area is 613 Å². The van der Waals surface area contributed by atoms with E-state index in [9.17, 15) is 43.2 Å². The quantitative estimate of drug-likeness (QED) is 0.0222. The molecule has 0 saturated heterocycles. The molecule has 3 unspecified atom stereocenters. The molecule has 0 aliphatic carbocycles. The van der Waals surface area contributed by atoms with Gasteiger partial charge in [0, 0.05) is 25.7 Å². The van der Waals surface area contributed by atoms with Crippen molar-refractivity contribution < 1.29 is 80.2 Å².